The summed E-state index contributed by atoms with van der Waals surface area (Å²) in [6.45, 7) is 2.30. The summed E-state index contributed by atoms with van der Waals surface area (Å²) in [4.78, 5) is 19.2. The van der Waals surface area contributed by atoms with Gasteiger partial charge in [0.1, 0.15) is 9.39 Å². The van der Waals surface area contributed by atoms with E-state index in [9.17, 15) is 4.79 Å². The summed E-state index contributed by atoms with van der Waals surface area (Å²) in [5.74, 6) is 0.572. The Bertz CT molecular complexity index is 670. The Morgan fingerprint density at radius 3 is 2.84 bits per heavy atom. The number of halogens is 2. The van der Waals surface area contributed by atoms with E-state index in [0.717, 1.165) is 15.6 Å². The number of nitrogens with zero attached hydrogens (tertiary/aromatic N) is 1. The Kier molecular flexibility index (Phi) is 4.75. The number of rotatable bonds is 3. The lowest BCUT2D eigenvalue weighted by Crippen LogP contribution is -2.17. The van der Waals surface area contributed by atoms with E-state index in [1.807, 2.05) is 47.7 Å². The van der Waals surface area contributed by atoms with Crippen LogP contribution in [0.1, 0.15) is 11.3 Å². The summed E-state index contributed by atoms with van der Waals surface area (Å²) in [6, 6.07) is 5.85. The van der Waals surface area contributed by atoms with Crippen LogP contribution in [0.5, 0.6) is 0 Å². The Hall–Kier alpha value is -0.730. The van der Waals surface area contributed by atoms with E-state index in [4.69, 9.17) is 4.74 Å². The number of nitrogens with one attached hydrogen (secondary N) is 1. The van der Waals surface area contributed by atoms with Crippen LogP contribution in [0.2, 0.25) is 0 Å². The molecule has 1 N–H and O–H groups in total. The molecule has 2 aromatic rings. The highest BCUT2D eigenvalue weighted by Crippen LogP contribution is 2.23. The fourth-order valence-corrected chi connectivity index (χ4v) is 2.64. The largest absolute Gasteiger partial charge is 0.378 e. The monoisotopic (exact) mass is 434 g/mol. The van der Waals surface area contributed by atoms with Gasteiger partial charge in [0, 0.05) is 17.1 Å². The number of aromatic nitrogens is 2. The highest BCUT2D eigenvalue weighted by Gasteiger charge is 2.11. The van der Waals surface area contributed by atoms with Crippen LogP contribution >= 0.6 is 38.5 Å². The van der Waals surface area contributed by atoms with Gasteiger partial charge in [-0.2, -0.15) is 0 Å². The molecule has 0 aliphatic rings. The molecule has 0 atom stereocenters. The molecule has 19 heavy (non-hydrogen) atoms. The summed E-state index contributed by atoms with van der Waals surface area (Å²) >= 11 is 5.41. The van der Waals surface area contributed by atoms with E-state index in [0.29, 0.717) is 21.7 Å². The second kappa shape index (κ2) is 6.15. The van der Waals surface area contributed by atoms with Crippen molar-refractivity contribution in [2.45, 2.75) is 13.5 Å². The van der Waals surface area contributed by atoms with E-state index >= 15 is 0 Å². The molecule has 0 saturated carbocycles. The molecule has 0 spiro atoms. The molecular formula is C13H12BrIN2O2. The summed E-state index contributed by atoms with van der Waals surface area (Å²) < 4.78 is 6.64. The quantitative estimate of drug-likeness (QED) is 0.754. The number of aromatic amines is 1. The molecule has 0 aliphatic carbocycles. The van der Waals surface area contributed by atoms with Gasteiger partial charge in [0.15, 0.2) is 0 Å². The van der Waals surface area contributed by atoms with Crippen molar-refractivity contribution in [3.8, 4) is 11.4 Å². The summed E-state index contributed by atoms with van der Waals surface area (Å²) in [5.41, 5.74) is 2.47. The SMILES string of the molecule is COCc1nc(-c2ccc(Br)cc2C)[nH]c(=O)c1I. The number of ether oxygens (including phenoxy) is 1. The molecule has 0 saturated heterocycles. The molecule has 6 heteroatoms. The Morgan fingerprint density at radius 2 is 2.21 bits per heavy atom. The van der Waals surface area contributed by atoms with E-state index in [1.165, 1.54) is 0 Å². The Labute approximate surface area is 132 Å². The summed E-state index contributed by atoms with van der Waals surface area (Å²) in [6.07, 6.45) is 0. The van der Waals surface area contributed by atoms with Crippen molar-refractivity contribution in [3.63, 3.8) is 0 Å². The zero-order valence-corrected chi connectivity index (χ0v) is 14.2. The van der Waals surface area contributed by atoms with Crippen LogP contribution in [0.4, 0.5) is 0 Å². The van der Waals surface area contributed by atoms with Crippen molar-refractivity contribution >= 4 is 38.5 Å². The maximum absolute atomic E-state index is 11.9. The van der Waals surface area contributed by atoms with Gasteiger partial charge in [-0.3, -0.25) is 4.79 Å². The van der Waals surface area contributed by atoms with Gasteiger partial charge in [0.25, 0.3) is 5.56 Å². The second-order valence-electron chi connectivity index (χ2n) is 4.07. The maximum atomic E-state index is 11.9. The topological polar surface area (TPSA) is 55.0 Å². The van der Waals surface area contributed by atoms with Crippen molar-refractivity contribution < 1.29 is 4.74 Å². The molecule has 1 heterocycles. The fourth-order valence-electron chi connectivity index (χ4n) is 1.76. The van der Waals surface area contributed by atoms with Crippen molar-refractivity contribution in [2.75, 3.05) is 7.11 Å². The van der Waals surface area contributed by atoms with Crippen molar-refractivity contribution in [1.29, 1.82) is 0 Å². The van der Waals surface area contributed by atoms with Gasteiger partial charge < -0.3 is 9.72 Å². The molecule has 0 amide bonds. The molecule has 0 aliphatic heterocycles. The van der Waals surface area contributed by atoms with Gasteiger partial charge >= 0.3 is 0 Å². The van der Waals surface area contributed by atoms with E-state index in [2.05, 4.69) is 25.9 Å². The summed E-state index contributed by atoms with van der Waals surface area (Å²) in [5, 5.41) is 0. The molecule has 4 nitrogen and oxygen atoms in total. The van der Waals surface area contributed by atoms with Crippen molar-refractivity contribution in [3.05, 3.63) is 47.9 Å². The van der Waals surface area contributed by atoms with Crippen molar-refractivity contribution in [2.24, 2.45) is 0 Å². The first-order valence-corrected chi connectivity index (χ1v) is 7.44. The van der Waals surface area contributed by atoms with E-state index in [1.54, 1.807) is 7.11 Å². The zero-order chi connectivity index (χ0) is 14.0. The Morgan fingerprint density at radius 1 is 1.47 bits per heavy atom. The minimum absolute atomic E-state index is 0.139. The molecule has 2 rings (SSSR count). The smallest absolute Gasteiger partial charge is 0.264 e. The predicted octanol–water partition coefficient (Wildman–Crippen LogP) is 3.26. The van der Waals surface area contributed by atoms with Crippen LogP contribution < -0.4 is 5.56 Å². The molecule has 1 aromatic carbocycles. The summed E-state index contributed by atoms with van der Waals surface area (Å²) in [7, 11) is 1.59. The van der Waals surface area contributed by atoms with Crippen LogP contribution in [-0.2, 0) is 11.3 Å². The van der Waals surface area contributed by atoms with Gasteiger partial charge in [0.05, 0.1) is 12.3 Å². The molecule has 0 unspecified atom stereocenters. The van der Waals surface area contributed by atoms with Gasteiger partial charge in [-0.1, -0.05) is 15.9 Å². The molecule has 0 fully saturated rings. The maximum Gasteiger partial charge on any atom is 0.264 e. The molecule has 100 valence electrons. The normalized spacial score (nSPS) is 10.7. The number of hydrogen-bond acceptors (Lipinski definition) is 3. The molecule has 1 aromatic heterocycles. The van der Waals surface area contributed by atoms with Crippen LogP contribution in [0.15, 0.2) is 27.5 Å². The van der Waals surface area contributed by atoms with Gasteiger partial charge in [0.2, 0.25) is 0 Å². The first-order chi connectivity index (χ1) is 9.02. The average molecular weight is 435 g/mol. The number of hydrogen-bond donors (Lipinski definition) is 1. The number of aryl methyl sites for hydroxylation is 1. The van der Waals surface area contributed by atoms with Crippen LogP contribution in [0.25, 0.3) is 11.4 Å². The zero-order valence-electron chi connectivity index (χ0n) is 10.5. The third-order valence-electron chi connectivity index (χ3n) is 2.66. The third kappa shape index (κ3) is 3.24. The van der Waals surface area contributed by atoms with E-state index in [-0.39, 0.29) is 5.56 Å². The van der Waals surface area contributed by atoms with Crippen LogP contribution in [0, 0.1) is 10.5 Å². The second-order valence-corrected chi connectivity index (χ2v) is 6.06. The first-order valence-electron chi connectivity index (χ1n) is 5.57. The highest BCUT2D eigenvalue weighted by atomic mass is 127. The fraction of sp³-hybridized carbons (Fsp3) is 0.231. The lowest BCUT2D eigenvalue weighted by molar-refractivity contribution is 0.180. The number of H-pyrrole nitrogens is 1. The molecular weight excluding hydrogens is 423 g/mol. The van der Waals surface area contributed by atoms with Gasteiger partial charge in [-0.05, 0) is 53.3 Å². The minimum atomic E-state index is -0.139. The lowest BCUT2D eigenvalue weighted by atomic mass is 10.1. The first kappa shape index (κ1) is 14.7. The molecule has 0 radical (unpaired) electrons. The van der Waals surface area contributed by atoms with Crippen LogP contribution in [0.3, 0.4) is 0 Å². The standard InChI is InChI=1S/C13H12BrIN2O2/c1-7-5-8(14)3-4-9(7)12-16-10(6-19-2)11(15)13(18)17-12/h3-5H,6H2,1-2H3,(H,16,17,18). The number of methoxy groups -OCH3 is 1. The Balaban J connectivity index is 2.59. The predicted molar refractivity (Wildman–Crippen MR) is 86.2 cm³/mol. The molecule has 0 bridgehead atoms. The van der Waals surface area contributed by atoms with E-state index < -0.39 is 0 Å². The average Bonchev–Trinajstić information content (AvgIpc) is 2.35. The minimum Gasteiger partial charge on any atom is -0.378 e. The van der Waals surface area contributed by atoms with Crippen molar-refractivity contribution in [1.82, 2.24) is 9.97 Å². The van der Waals surface area contributed by atoms with Gasteiger partial charge in [-0.15, -0.1) is 0 Å². The lowest BCUT2D eigenvalue weighted by Gasteiger charge is -2.08. The van der Waals surface area contributed by atoms with Gasteiger partial charge in [-0.25, -0.2) is 4.98 Å². The third-order valence-corrected chi connectivity index (χ3v) is 4.26. The van der Waals surface area contributed by atoms with Crippen LogP contribution in [-0.4, -0.2) is 17.1 Å². The highest BCUT2D eigenvalue weighted by molar-refractivity contribution is 14.1. The number of benzene rings is 1.